The molecule has 76 valence electrons. The summed E-state index contributed by atoms with van der Waals surface area (Å²) in [4.78, 5) is 18.1. The van der Waals surface area contributed by atoms with E-state index < -0.39 is 5.97 Å². The van der Waals surface area contributed by atoms with Crippen molar-refractivity contribution in [1.82, 2.24) is 9.97 Å². The topological polar surface area (TPSA) is 75.1 Å². The predicted molar refractivity (Wildman–Crippen MR) is 55.1 cm³/mol. The van der Waals surface area contributed by atoms with Crippen LogP contribution in [0.15, 0.2) is 16.9 Å². The van der Waals surface area contributed by atoms with Crippen LogP contribution in [0.1, 0.15) is 12.8 Å². The Bertz CT molecular complexity index is 302. The summed E-state index contributed by atoms with van der Waals surface area (Å²) in [5.41, 5.74) is 0. The van der Waals surface area contributed by atoms with E-state index in [1.807, 2.05) is 0 Å². The van der Waals surface area contributed by atoms with Crippen LogP contribution in [0.2, 0.25) is 0 Å². The number of anilines is 1. The largest absolute Gasteiger partial charge is 0.481 e. The van der Waals surface area contributed by atoms with Crippen molar-refractivity contribution in [2.45, 2.75) is 12.8 Å². The average molecular weight is 260 g/mol. The van der Waals surface area contributed by atoms with Gasteiger partial charge >= 0.3 is 5.97 Å². The molecule has 1 rings (SSSR count). The van der Waals surface area contributed by atoms with Gasteiger partial charge in [-0.25, -0.2) is 9.97 Å². The maximum absolute atomic E-state index is 10.2. The first-order chi connectivity index (χ1) is 6.68. The number of nitrogens with one attached hydrogen (secondary N) is 1. The van der Waals surface area contributed by atoms with E-state index in [0.29, 0.717) is 18.9 Å². The van der Waals surface area contributed by atoms with Gasteiger partial charge in [-0.05, 0) is 22.4 Å². The van der Waals surface area contributed by atoms with Gasteiger partial charge in [0.05, 0.1) is 4.47 Å². The summed E-state index contributed by atoms with van der Waals surface area (Å²) in [6.45, 7) is 0.563. The molecule has 0 aliphatic heterocycles. The predicted octanol–water partition coefficient (Wildman–Crippen LogP) is 1.52. The highest BCUT2D eigenvalue weighted by atomic mass is 79.9. The van der Waals surface area contributed by atoms with Gasteiger partial charge in [0.1, 0.15) is 0 Å². The van der Waals surface area contributed by atoms with Gasteiger partial charge < -0.3 is 10.4 Å². The zero-order valence-corrected chi connectivity index (χ0v) is 8.99. The van der Waals surface area contributed by atoms with Gasteiger partial charge in [0, 0.05) is 25.4 Å². The fourth-order valence-electron chi connectivity index (χ4n) is 0.843. The average Bonchev–Trinajstić information content (AvgIpc) is 2.15. The molecule has 0 unspecified atom stereocenters. The van der Waals surface area contributed by atoms with Gasteiger partial charge in [-0.3, -0.25) is 4.79 Å². The Kier molecular flexibility index (Phi) is 4.31. The van der Waals surface area contributed by atoms with Gasteiger partial charge in [-0.1, -0.05) is 0 Å². The Morgan fingerprint density at radius 2 is 2.14 bits per heavy atom. The molecule has 0 atom stereocenters. The third-order valence-electron chi connectivity index (χ3n) is 1.47. The summed E-state index contributed by atoms with van der Waals surface area (Å²) in [7, 11) is 0. The number of aliphatic carboxylic acids is 1. The smallest absolute Gasteiger partial charge is 0.303 e. The Morgan fingerprint density at radius 1 is 1.50 bits per heavy atom. The van der Waals surface area contributed by atoms with E-state index in [-0.39, 0.29) is 6.42 Å². The second-order valence-corrected chi connectivity index (χ2v) is 3.56. The number of carboxylic acid groups (broad SMARTS) is 1. The van der Waals surface area contributed by atoms with Crippen molar-refractivity contribution in [1.29, 1.82) is 0 Å². The monoisotopic (exact) mass is 259 g/mol. The molecule has 0 bridgehead atoms. The molecule has 6 heteroatoms. The van der Waals surface area contributed by atoms with Crippen LogP contribution in [0.5, 0.6) is 0 Å². The van der Waals surface area contributed by atoms with E-state index in [9.17, 15) is 4.79 Å². The summed E-state index contributed by atoms with van der Waals surface area (Å²) >= 11 is 3.22. The van der Waals surface area contributed by atoms with Crippen molar-refractivity contribution in [3.8, 4) is 0 Å². The van der Waals surface area contributed by atoms with Crippen LogP contribution in [0.3, 0.4) is 0 Å². The van der Waals surface area contributed by atoms with Crippen molar-refractivity contribution in [2.75, 3.05) is 11.9 Å². The molecule has 1 aromatic heterocycles. The number of hydrogen-bond acceptors (Lipinski definition) is 4. The van der Waals surface area contributed by atoms with Crippen LogP contribution < -0.4 is 5.32 Å². The van der Waals surface area contributed by atoms with Gasteiger partial charge in [0.15, 0.2) is 0 Å². The molecule has 1 heterocycles. The molecule has 2 N–H and O–H groups in total. The normalized spacial score (nSPS) is 9.79. The first kappa shape index (κ1) is 10.9. The van der Waals surface area contributed by atoms with Crippen LogP contribution >= 0.6 is 15.9 Å². The molecule has 0 fully saturated rings. The summed E-state index contributed by atoms with van der Waals surface area (Å²) < 4.78 is 0.814. The van der Waals surface area contributed by atoms with E-state index in [1.54, 1.807) is 12.4 Å². The Balaban J connectivity index is 2.25. The zero-order chi connectivity index (χ0) is 10.4. The fourth-order valence-corrected chi connectivity index (χ4v) is 1.05. The number of nitrogens with zero attached hydrogens (tertiary/aromatic N) is 2. The lowest BCUT2D eigenvalue weighted by Gasteiger charge is -2.02. The fraction of sp³-hybridized carbons (Fsp3) is 0.375. The Morgan fingerprint density at radius 3 is 2.71 bits per heavy atom. The lowest BCUT2D eigenvalue weighted by Crippen LogP contribution is -2.07. The van der Waals surface area contributed by atoms with E-state index in [4.69, 9.17) is 5.11 Å². The second-order valence-electron chi connectivity index (χ2n) is 2.65. The number of hydrogen-bond donors (Lipinski definition) is 2. The molecule has 14 heavy (non-hydrogen) atoms. The first-order valence-electron chi connectivity index (χ1n) is 4.11. The molecule has 0 amide bonds. The minimum atomic E-state index is -0.788. The molecule has 1 aromatic rings. The third kappa shape index (κ3) is 4.18. The molecule has 0 spiro atoms. The van der Waals surface area contributed by atoms with E-state index in [0.717, 1.165) is 4.47 Å². The van der Waals surface area contributed by atoms with E-state index in [1.165, 1.54) is 0 Å². The van der Waals surface area contributed by atoms with Crippen molar-refractivity contribution in [3.05, 3.63) is 16.9 Å². The number of aromatic nitrogens is 2. The van der Waals surface area contributed by atoms with E-state index >= 15 is 0 Å². The molecule has 5 nitrogen and oxygen atoms in total. The number of halogens is 1. The lowest BCUT2D eigenvalue weighted by atomic mass is 10.3. The second kappa shape index (κ2) is 5.54. The molecule has 0 saturated heterocycles. The summed E-state index contributed by atoms with van der Waals surface area (Å²) in [5.74, 6) is -0.276. The van der Waals surface area contributed by atoms with Crippen molar-refractivity contribution in [3.63, 3.8) is 0 Å². The highest BCUT2D eigenvalue weighted by molar-refractivity contribution is 9.10. The van der Waals surface area contributed by atoms with Crippen LogP contribution in [0, 0.1) is 0 Å². The van der Waals surface area contributed by atoms with Crippen LogP contribution in [-0.4, -0.2) is 27.6 Å². The molecular weight excluding hydrogens is 250 g/mol. The maximum atomic E-state index is 10.2. The van der Waals surface area contributed by atoms with E-state index in [2.05, 4.69) is 31.2 Å². The molecule has 0 radical (unpaired) electrons. The third-order valence-corrected chi connectivity index (χ3v) is 1.88. The molecule has 0 aliphatic rings. The summed E-state index contributed by atoms with van der Waals surface area (Å²) in [6.07, 6.45) is 3.98. The molecule has 0 aliphatic carbocycles. The van der Waals surface area contributed by atoms with Crippen LogP contribution in [-0.2, 0) is 4.79 Å². The molecule has 0 saturated carbocycles. The first-order valence-corrected chi connectivity index (χ1v) is 4.91. The zero-order valence-electron chi connectivity index (χ0n) is 7.40. The minimum Gasteiger partial charge on any atom is -0.481 e. The highest BCUT2D eigenvalue weighted by Crippen LogP contribution is 2.06. The van der Waals surface area contributed by atoms with Crippen molar-refractivity contribution < 1.29 is 9.90 Å². The van der Waals surface area contributed by atoms with Gasteiger partial charge in [0.25, 0.3) is 0 Å². The Hall–Kier alpha value is -1.17. The molecule has 0 aromatic carbocycles. The number of carboxylic acids is 1. The standard InChI is InChI=1S/C8H10BrN3O2/c9-6-4-11-8(12-5-6)10-3-1-2-7(13)14/h4-5H,1-3H2,(H,13,14)(H,10,11,12). The van der Waals surface area contributed by atoms with Crippen LogP contribution in [0.4, 0.5) is 5.95 Å². The number of rotatable bonds is 5. The summed E-state index contributed by atoms with van der Waals surface area (Å²) in [6, 6.07) is 0. The summed E-state index contributed by atoms with van der Waals surface area (Å²) in [5, 5.41) is 11.3. The van der Waals surface area contributed by atoms with Crippen LogP contribution in [0.25, 0.3) is 0 Å². The lowest BCUT2D eigenvalue weighted by molar-refractivity contribution is -0.137. The van der Waals surface area contributed by atoms with Crippen molar-refractivity contribution in [2.24, 2.45) is 0 Å². The number of carbonyl (C=O) groups is 1. The highest BCUT2D eigenvalue weighted by Gasteiger charge is 1.97. The van der Waals surface area contributed by atoms with Gasteiger partial charge in [-0.15, -0.1) is 0 Å². The Labute approximate surface area is 89.7 Å². The van der Waals surface area contributed by atoms with Gasteiger partial charge in [-0.2, -0.15) is 0 Å². The quantitative estimate of drug-likeness (QED) is 0.785. The SMILES string of the molecule is O=C(O)CCCNc1ncc(Br)cn1. The van der Waals surface area contributed by atoms with Crippen molar-refractivity contribution >= 4 is 27.8 Å². The minimum absolute atomic E-state index is 0.156. The maximum Gasteiger partial charge on any atom is 0.303 e. The molecular formula is C8H10BrN3O2. The van der Waals surface area contributed by atoms with Gasteiger partial charge in [0.2, 0.25) is 5.95 Å².